The lowest BCUT2D eigenvalue weighted by Crippen LogP contribution is -2.51. The van der Waals surface area contributed by atoms with Crippen molar-refractivity contribution in [2.24, 2.45) is 88.8 Å². The average Bonchev–Trinajstić information content (AvgIpc) is 1.70. The van der Waals surface area contributed by atoms with Crippen molar-refractivity contribution in [2.75, 3.05) is 19.7 Å². The first-order chi connectivity index (χ1) is 59.0. The van der Waals surface area contributed by atoms with Crippen LogP contribution < -0.4 is 42.5 Å². The second-order valence-corrected chi connectivity index (χ2v) is 37.4. The van der Waals surface area contributed by atoms with Crippen molar-refractivity contribution in [2.45, 2.75) is 257 Å². The molecular formula is C97H139N11O17. The standard InChI is InChI=1S/C97H139N11O17/c1-53(2)35-78(103-91(119)61(16)39-70(111)52-102-90(118)60(15)31-33-109)82(112)41-63(18)93(121)107-89(59(13)14)87(117)48-74(57(9)10)97(125)108-88(58(11)12)86(116)47-66(44-69-51-101-77-30-24-21-27-73(69)77)96(124)105-79(36-54(3)4)83(113)40-62(17)92(120)104-80(37-55(5)6)85(115)46-65(43-68-50-100-76-29-23-20-26-72(68)76)95(123)106-81(38-56(7)8)84(114)45-64(94(122)98-32-34-110)42-67-49-99-75-28-22-19-25-71(67)75/h19-30,33,49-51,53-66,74,78-81,88-89,99-101,110H,31-32,34-48,52H2,1-18H3,(H,98,122)(H,102,118)(H,103,119)(H,104,120)(H,105,124)(H,106,123)(H,107,121)(H,108,125)/t60-,61-,62?,63-,64-,65-,66-,74?,78-,79-,80-,81-,88-,89-/m1/s1. The molecule has 3 heterocycles. The number of rotatable bonds is 57. The van der Waals surface area contributed by atoms with Gasteiger partial charge in [-0.3, -0.25) is 71.9 Å². The van der Waals surface area contributed by atoms with E-state index in [9.17, 15) is 62.6 Å². The van der Waals surface area contributed by atoms with Crippen LogP contribution in [0.5, 0.6) is 0 Å². The maximum absolute atomic E-state index is 15.2. The number of H-pyrrole nitrogens is 3. The van der Waals surface area contributed by atoms with Gasteiger partial charge in [0.05, 0.1) is 49.4 Å². The second kappa shape index (κ2) is 49.9. The fourth-order valence-electron chi connectivity index (χ4n) is 16.1. The minimum Gasteiger partial charge on any atom is -0.395 e. The number of aromatic nitrogens is 3. The Hall–Kier alpha value is -10.6. The van der Waals surface area contributed by atoms with Crippen molar-refractivity contribution < 1.29 is 81.8 Å². The maximum Gasteiger partial charge on any atom is 0.224 e. The molecule has 0 bridgehead atoms. The zero-order valence-corrected chi connectivity index (χ0v) is 76.6. The van der Waals surface area contributed by atoms with Crippen LogP contribution in [-0.4, -0.2) is 170 Å². The molecule has 14 atom stereocenters. The van der Waals surface area contributed by atoms with Gasteiger partial charge in [0.15, 0.2) is 40.5 Å². The summed E-state index contributed by atoms with van der Waals surface area (Å²) < 4.78 is 0. The molecule has 6 aromatic rings. The monoisotopic (exact) mass is 1730 g/mol. The van der Waals surface area contributed by atoms with Gasteiger partial charge in [0, 0.05) is 157 Å². The predicted octanol–water partition coefficient (Wildman–Crippen LogP) is 10.8. The third-order valence-corrected chi connectivity index (χ3v) is 23.4. The SMILES string of the molecule is CC(C)C[C@@H](NC(=O)C(C)CC(=O)[C@@H](CC(C)C)NC(=O)[C@@H](CC(=O)[C@H](NC(=O)C(CC(=O)[C@H](NC(=O)[C@H](C)CC(=O)[C@@H](CC(C)C)NC(=O)[C@H](C)CC(=O)CNC(=O)[C@H](C)CC=O)C(C)C)C(C)C)C(C)C)Cc1c[nH]c2ccccc12)C(=O)C[C@@H](Cc1c[nH]c2ccccc12)C(=O)N[C@H](CC(C)C)C(=O)C[C@@H](Cc1c[nH]c2ccccc12)C(=O)NCCO. The quantitative estimate of drug-likeness (QED) is 0.0158. The van der Waals surface area contributed by atoms with E-state index in [1.165, 1.54) is 13.8 Å². The van der Waals surface area contributed by atoms with Gasteiger partial charge in [0.2, 0.25) is 47.3 Å². The molecule has 12 N–H and O–H groups in total. The summed E-state index contributed by atoms with van der Waals surface area (Å²) in [6, 6.07) is 15.9. The number of para-hydroxylation sites is 3. The first-order valence-corrected chi connectivity index (χ1v) is 44.8. The summed E-state index contributed by atoms with van der Waals surface area (Å²) in [7, 11) is 0. The van der Waals surface area contributed by atoms with Crippen molar-refractivity contribution in [3.8, 4) is 0 Å². The highest BCUT2D eigenvalue weighted by Crippen LogP contribution is 2.31. The van der Waals surface area contributed by atoms with Crippen molar-refractivity contribution in [1.29, 1.82) is 0 Å². The number of nitrogens with one attached hydrogen (secondary N) is 11. The van der Waals surface area contributed by atoms with Crippen LogP contribution in [0, 0.1) is 88.8 Å². The molecule has 125 heavy (non-hydrogen) atoms. The molecule has 0 saturated carbocycles. The molecule has 28 nitrogen and oxygen atoms in total. The first kappa shape index (κ1) is 103. The van der Waals surface area contributed by atoms with Crippen molar-refractivity contribution in [3.05, 3.63) is 108 Å². The third-order valence-electron chi connectivity index (χ3n) is 23.4. The number of hydrogen-bond donors (Lipinski definition) is 12. The van der Waals surface area contributed by atoms with Crippen LogP contribution in [0.3, 0.4) is 0 Å². The van der Waals surface area contributed by atoms with Crippen LogP contribution in [-0.2, 0) is 96.0 Å². The second-order valence-electron chi connectivity index (χ2n) is 37.4. The number of aromatic amines is 3. The number of hydrogen-bond acceptors (Lipinski definition) is 17. The molecule has 8 amide bonds. The minimum atomic E-state index is -1.18. The number of aliphatic hydroxyl groups excluding tert-OH is 1. The van der Waals surface area contributed by atoms with E-state index in [1.54, 1.807) is 74.0 Å². The zero-order valence-electron chi connectivity index (χ0n) is 76.6. The Morgan fingerprint density at radius 3 is 1.01 bits per heavy atom. The van der Waals surface area contributed by atoms with E-state index in [0.29, 0.717) is 11.8 Å². The highest BCUT2D eigenvalue weighted by atomic mass is 16.3. The summed E-state index contributed by atoms with van der Waals surface area (Å²) in [6.45, 7) is 30.9. The van der Waals surface area contributed by atoms with E-state index >= 15 is 19.2 Å². The van der Waals surface area contributed by atoms with E-state index in [0.717, 1.165) is 43.8 Å². The Morgan fingerprint density at radius 1 is 0.336 bits per heavy atom. The average molecular weight is 1730 g/mol. The Balaban J connectivity index is 1.16. The lowest BCUT2D eigenvalue weighted by molar-refractivity contribution is -0.137. The number of aliphatic hydroxyl groups is 1. The molecule has 0 radical (unpaired) electrons. The van der Waals surface area contributed by atoms with Gasteiger partial charge in [0.1, 0.15) is 6.29 Å². The molecule has 684 valence electrons. The van der Waals surface area contributed by atoms with Crippen molar-refractivity contribution in [3.63, 3.8) is 0 Å². The van der Waals surface area contributed by atoms with Crippen molar-refractivity contribution in [1.82, 2.24) is 57.5 Å². The summed E-state index contributed by atoms with van der Waals surface area (Å²) in [6.07, 6.45) is 4.61. The van der Waals surface area contributed by atoms with Gasteiger partial charge in [-0.15, -0.1) is 0 Å². The number of amides is 8. The normalized spacial score (nSPS) is 15.2. The van der Waals surface area contributed by atoms with Crippen LogP contribution in [0.25, 0.3) is 32.7 Å². The van der Waals surface area contributed by atoms with E-state index in [4.69, 9.17) is 0 Å². The van der Waals surface area contributed by atoms with Gasteiger partial charge in [-0.1, -0.05) is 179 Å². The Morgan fingerprint density at radius 2 is 0.656 bits per heavy atom. The molecule has 6 rings (SSSR count). The Kier molecular flexibility index (Phi) is 41.2. The van der Waals surface area contributed by atoms with Gasteiger partial charge in [0.25, 0.3) is 0 Å². The Labute approximate surface area is 736 Å². The summed E-state index contributed by atoms with van der Waals surface area (Å²) in [5.41, 5.74) is 4.67. The van der Waals surface area contributed by atoms with Crippen LogP contribution in [0.2, 0.25) is 0 Å². The molecule has 3 aromatic heterocycles. The first-order valence-electron chi connectivity index (χ1n) is 44.8. The van der Waals surface area contributed by atoms with Crippen molar-refractivity contribution >= 4 is 127 Å². The molecule has 0 fully saturated rings. The number of aldehydes is 1. The summed E-state index contributed by atoms with van der Waals surface area (Å²) in [5, 5.41) is 34.8. The third kappa shape index (κ3) is 32.1. The van der Waals surface area contributed by atoms with Gasteiger partial charge < -0.3 is 67.4 Å². The van der Waals surface area contributed by atoms with E-state index < -0.39 is 190 Å². The molecule has 0 saturated heterocycles. The van der Waals surface area contributed by atoms with E-state index in [-0.39, 0.29) is 139 Å². The van der Waals surface area contributed by atoms with Crippen LogP contribution in [0.15, 0.2) is 91.4 Å². The number of ketones is 7. The summed E-state index contributed by atoms with van der Waals surface area (Å²) >= 11 is 0. The van der Waals surface area contributed by atoms with Gasteiger partial charge in [-0.25, -0.2) is 0 Å². The lowest BCUT2D eigenvalue weighted by atomic mass is 9.84. The molecule has 2 unspecified atom stereocenters. The molecule has 0 aliphatic rings. The molecule has 3 aromatic carbocycles. The van der Waals surface area contributed by atoms with Gasteiger partial charge in [-0.2, -0.15) is 0 Å². The number of carbonyl (C=O) groups excluding carboxylic acids is 16. The molecule has 0 aliphatic heterocycles. The van der Waals surface area contributed by atoms with E-state index in [2.05, 4.69) is 57.5 Å². The maximum atomic E-state index is 15.2. The largest absolute Gasteiger partial charge is 0.395 e. The van der Waals surface area contributed by atoms with Gasteiger partial charge in [-0.05, 0) is 121 Å². The summed E-state index contributed by atoms with van der Waals surface area (Å²) in [5.74, 6) is -17.4. The fraction of sp³-hybridized carbons (Fsp3) is 0.588. The number of carbonyl (C=O) groups is 16. The van der Waals surface area contributed by atoms with Crippen LogP contribution in [0.4, 0.5) is 0 Å². The van der Waals surface area contributed by atoms with Crippen LogP contribution >= 0.6 is 0 Å². The topological polar surface area (TPSA) is 437 Å². The lowest BCUT2D eigenvalue weighted by Gasteiger charge is -2.29. The summed E-state index contributed by atoms with van der Waals surface area (Å²) in [4.78, 5) is 235. The number of Topliss-reactive ketones (excluding diaryl/α,β-unsaturated/α-hetero) is 7. The number of benzene rings is 3. The number of fused-ring (bicyclic) bond motifs is 3. The highest BCUT2D eigenvalue weighted by molar-refractivity contribution is 6.01. The predicted molar refractivity (Wildman–Crippen MR) is 482 cm³/mol. The molecule has 0 spiro atoms. The fourth-order valence-corrected chi connectivity index (χ4v) is 16.1. The Bertz CT molecular complexity index is 4700. The van der Waals surface area contributed by atoms with Gasteiger partial charge >= 0.3 is 0 Å². The molecular weight excluding hydrogens is 1590 g/mol. The molecule has 28 heteroatoms. The minimum absolute atomic E-state index is 0.0141. The zero-order chi connectivity index (χ0) is 92.8. The van der Waals surface area contributed by atoms with E-state index in [1.807, 2.05) is 128 Å². The molecule has 0 aliphatic carbocycles. The highest BCUT2D eigenvalue weighted by Gasteiger charge is 2.40. The smallest absolute Gasteiger partial charge is 0.224 e. The van der Waals surface area contributed by atoms with Crippen LogP contribution in [0.1, 0.15) is 218 Å².